The normalized spacial score (nSPS) is 12.5. The van der Waals surface area contributed by atoms with Crippen LogP contribution < -0.4 is 0 Å². The van der Waals surface area contributed by atoms with Gasteiger partial charge in [0.2, 0.25) is 5.91 Å². The Morgan fingerprint density at radius 3 is 2.91 bits per heavy atom. The molecular formula is C15H17N5O2. The van der Waals surface area contributed by atoms with E-state index in [0.717, 1.165) is 5.56 Å². The van der Waals surface area contributed by atoms with Gasteiger partial charge in [0.1, 0.15) is 17.1 Å². The molecule has 0 spiro atoms. The number of carbonyl (C=O) groups is 1. The van der Waals surface area contributed by atoms with Gasteiger partial charge in [0, 0.05) is 26.0 Å². The molecule has 1 aromatic carbocycles. The lowest BCUT2D eigenvalue weighted by Gasteiger charge is -2.23. The maximum atomic E-state index is 12.6. The minimum absolute atomic E-state index is 0.0320. The first-order valence-corrected chi connectivity index (χ1v) is 7.14. The first-order valence-electron chi connectivity index (χ1n) is 7.14. The van der Waals surface area contributed by atoms with Crippen LogP contribution in [0.4, 0.5) is 0 Å². The smallest absolute Gasteiger partial charge is 0.247 e. The molecule has 0 N–H and O–H groups in total. The van der Waals surface area contributed by atoms with E-state index in [1.165, 1.54) is 0 Å². The first-order chi connectivity index (χ1) is 10.7. The molecule has 7 nitrogen and oxygen atoms in total. The molecule has 3 rings (SSSR count). The molecule has 0 bridgehead atoms. The van der Waals surface area contributed by atoms with Crippen molar-refractivity contribution in [3.63, 3.8) is 0 Å². The number of rotatable bonds is 5. The van der Waals surface area contributed by atoms with Gasteiger partial charge >= 0.3 is 0 Å². The first kappa shape index (κ1) is 14.2. The molecule has 0 aliphatic heterocycles. The summed E-state index contributed by atoms with van der Waals surface area (Å²) in [7, 11) is 1.79. The second-order valence-electron chi connectivity index (χ2n) is 5.19. The Balaban J connectivity index is 1.75. The highest BCUT2D eigenvalue weighted by molar-refractivity contribution is 5.80. The Bertz CT molecular complexity index is 765. The Hall–Kier alpha value is -2.70. The van der Waals surface area contributed by atoms with Crippen molar-refractivity contribution < 1.29 is 9.42 Å². The highest BCUT2D eigenvalue weighted by atomic mass is 16.6. The fourth-order valence-electron chi connectivity index (χ4n) is 2.47. The zero-order valence-corrected chi connectivity index (χ0v) is 12.5. The lowest BCUT2D eigenvalue weighted by atomic mass is 10.1. The van der Waals surface area contributed by atoms with Gasteiger partial charge in [-0.05, 0) is 40.5 Å². The van der Waals surface area contributed by atoms with Gasteiger partial charge in [-0.1, -0.05) is 13.0 Å². The van der Waals surface area contributed by atoms with Crippen molar-refractivity contribution in [3.8, 4) is 0 Å². The minimum Gasteiger partial charge on any atom is -0.340 e. The highest BCUT2D eigenvalue weighted by Crippen LogP contribution is 2.17. The van der Waals surface area contributed by atoms with Gasteiger partial charge in [-0.15, -0.1) is 0 Å². The molecule has 0 fully saturated rings. The summed E-state index contributed by atoms with van der Waals surface area (Å²) in [6.45, 7) is 2.48. The average Bonchev–Trinajstić information content (AvgIpc) is 3.18. The van der Waals surface area contributed by atoms with Crippen LogP contribution >= 0.6 is 0 Å². The van der Waals surface area contributed by atoms with Crippen LogP contribution in [0.2, 0.25) is 0 Å². The zero-order chi connectivity index (χ0) is 15.5. The molecule has 7 heteroatoms. The molecule has 1 amide bonds. The van der Waals surface area contributed by atoms with Crippen LogP contribution in [0.5, 0.6) is 0 Å². The fraction of sp³-hybridized carbons (Fsp3) is 0.333. The largest absolute Gasteiger partial charge is 0.340 e. The van der Waals surface area contributed by atoms with Gasteiger partial charge < -0.3 is 4.90 Å². The van der Waals surface area contributed by atoms with Crippen LogP contribution in [0.15, 0.2) is 41.3 Å². The molecule has 2 aromatic heterocycles. The maximum Gasteiger partial charge on any atom is 0.247 e. The van der Waals surface area contributed by atoms with E-state index >= 15 is 0 Å². The second-order valence-corrected chi connectivity index (χ2v) is 5.19. The van der Waals surface area contributed by atoms with Gasteiger partial charge in [-0.3, -0.25) is 9.48 Å². The summed E-state index contributed by atoms with van der Waals surface area (Å²) in [5, 5.41) is 11.8. The average molecular weight is 299 g/mol. The molecule has 0 aliphatic rings. The van der Waals surface area contributed by atoms with E-state index in [0.29, 0.717) is 24.0 Å². The molecule has 0 radical (unpaired) electrons. The van der Waals surface area contributed by atoms with E-state index in [1.807, 2.05) is 37.4 Å². The lowest BCUT2D eigenvalue weighted by molar-refractivity contribution is -0.134. The van der Waals surface area contributed by atoms with E-state index in [4.69, 9.17) is 0 Å². The Labute approximate surface area is 127 Å². The topological polar surface area (TPSA) is 77.0 Å². The van der Waals surface area contributed by atoms with Crippen LogP contribution in [0, 0.1) is 0 Å². The predicted octanol–water partition coefficient (Wildman–Crippen LogP) is 2.03. The van der Waals surface area contributed by atoms with Crippen molar-refractivity contribution >= 4 is 16.9 Å². The number of hydrogen-bond donors (Lipinski definition) is 0. The van der Waals surface area contributed by atoms with Crippen molar-refractivity contribution in [3.05, 3.63) is 42.2 Å². The van der Waals surface area contributed by atoms with Crippen molar-refractivity contribution in [2.24, 2.45) is 0 Å². The maximum absolute atomic E-state index is 12.6. The van der Waals surface area contributed by atoms with E-state index in [1.54, 1.807) is 22.8 Å². The summed E-state index contributed by atoms with van der Waals surface area (Å²) in [6, 6.07) is 7.18. The Kier molecular flexibility index (Phi) is 3.86. The number of aromatic nitrogens is 4. The van der Waals surface area contributed by atoms with Crippen molar-refractivity contribution in [2.75, 3.05) is 7.05 Å². The van der Waals surface area contributed by atoms with Crippen LogP contribution in [-0.4, -0.2) is 37.9 Å². The van der Waals surface area contributed by atoms with Crippen molar-refractivity contribution in [2.45, 2.75) is 25.9 Å². The van der Waals surface area contributed by atoms with Gasteiger partial charge in [0.05, 0.1) is 0 Å². The number of nitrogens with zero attached hydrogens (tertiary/aromatic N) is 5. The Morgan fingerprint density at radius 1 is 1.36 bits per heavy atom. The van der Waals surface area contributed by atoms with Crippen LogP contribution in [0.25, 0.3) is 11.0 Å². The van der Waals surface area contributed by atoms with E-state index in [9.17, 15) is 4.79 Å². The molecule has 0 saturated carbocycles. The molecule has 1 atom stereocenters. The lowest BCUT2D eigenvalue weighted by Crippen LogP contribution is -2.34. The third-order valence-electron chi connectivity index (χ3n) is 3.63. The number of fused-ring (bicyclic) bond motifs is 1. The summed E-state index contributed by atoms with van der Waals surface area (Å²) < 4.78 is 6.38. The molecule has 114 valence electrons. The monoisotopic (exact) mass is 299 g/mol. The predicted molar refractivity (Wildman–Crippen MR) is 79.8 cm³/mol. The van der Waals surface area contributed by atoms with Crippen LogP contribution in [0.1, 0.15) is 24.9 Å². The van der Waals surface area contributed by atoms with Gasteiger partial charge in [-0.2, -0.15) is 5.10 Å². The third kappa shape index (κ3) is 2.69. The van der Waals surface area contributed by atoms with Gasteiger partial charge in [0.15, 0.2) is 0 Å². The van der Waals surface area contributed by atoms with Gasteiger partial charge in [0.25, 0.3) is 0 Å². The Morgan fingerprint density at radius 2 is 2.18 bits per heavy atom. The number of hydrogen-bond acceptors (Lipinski definition) is 5. The summed E-state index contributed by atoms with van der Waals surface area (Å²) in [4.78, 5) is 14.3. The summed E-state index contributed by atoms with van der Waals surface area (Å²) in [6.07, 6.45) is 4.19. The van der Waals surface area contributed by atoms with Crippen molar-refractivity contribution in [1.29, 1.82) is 0 Å². The third-order valence-corrected chi connectivity index (χ3v) is 3.63. The quantitative estimate of drug-likeness (QED) is 0.720. The number of likely N-dealkylation sites (N-methyl/N-ethyl adjacent to an activating group) is 1. The summed E-state index contributed by atoms with van der Waals surface area (Å²) >= 11 is 0. The summed E-state index contributed by atoms with van der Waals surface area (Å²) in [5.41, 5.74) is 2.38. The standard InChI is InChI=1S/C15H17N5O2/c1-3-14(20-8-4-7-16-20)15(21)19(2)10-11-5-6-12-13(9-11)18-22-17-12/h4-9,14H,3,10H2,1-2H3. The van der Waals surface area contributed by atoms with Gasteiger partial charge in [-0.25, -0.2) is 4.63 Å². The molecule has 1 unspecified atom stereocenters. The molecule has 0 aliphatic carbocycles. The SMILES string of the molecule is CCC(C(=O)N(C)Cc1ccc2nonc2c1)n1cccn1. The number of benzene rings is 1. The zero-order valence-electron chi connectivity index (χ0n) is 12.5. The number of amides is 1. The molecule has 2 heterocycles. The fourth-order valence-corrected chi connectivity index (χ4v) is 2.47. The minimum atomic E-state index is -0.280. The number of carbonyl (C=O) groups excluding carboxylic acids is 1. The second kappa shape index (κ2) is 5.97. The van der Waals surface area contributed by atoms with Crippen LogP contribution in [-0.2, 0) is 11.3 Å². The van der Waals surface area contributed by atoms with Crippen LogP contribution in [0.3, 0.4) is 0 Å². The van der Waals surface area contributed by atoms with E-state index < -0.39 is 0 Å². The van der Waals surface area contributed by atoms with Crippen molar-refractivity contribution in [1.82, 2.24) is 25.0 Å². The summed E-state index contributed by atoms with van der Waals surface area (Å²) in [5.74, 6) is 0.0320. The molecule has 0 saturated heterocycles. The van der Waals surface area contributed by atoms with E-state index in [2.05, 4.69) is 20.0 Å². The molecule has 22 heavy (non-hydrogen) atoms. The molecular weight excluding hydrogens is 282 g/mol. The highest BCUT2D eigenvalue weighted by Gasteiger charge is 2.22. The molecule has 3 aromatic rings. The van der Waals surface area contributed by atoms with E-state index in [-0.39, 0.29) is 11.9 Å².